The smallest absolute Gasteiger partial charge is 0.0534 e. The first kappa shape index (κ1) is 12.2. The summed E-state index contributed by atoms with van der Waals surface area (Å²) >= 11 is 0. The average Bonchev–Trinajstić information content (AvgIpc) is 2.85. The van der Waals surface area contributed by atoms with Crippen molar-refractivity contribution in [2.45, 2.75) is 70.2 Å². The molecule has 0 saturated carbocycles. The number of aromatic nitrogens is 2. The molecule has 3 rings (SSSR count). The van der Waals surface area contributed by atoms with Gasteiger partial charge in [0, 0.05) is 42.5 Å². The maximum Gasteiger partial charge on any atom is 0.0534 e. The summed E-state index contributed by atoms with van der Waals surface area (Å²) in [7, 11) is 0. The fraction of sp³-hybridized carbons (Fsp3) is 0.786. The lowest BCUT2D eigenvalue weighted by molar-refractivity contribution is 0.120. The van der Waals surface area contributed by atoms with Crippen molar-refractivity contribution >= 4 is 0 Å². The second kappa shape index (κ2) is 4.67. The van der Waals surface area contributed by atoms with Gasteiger partial charge >= 0.3 is 0 Å². The molecule has 0 spiro atoms. The van der Waals surface area contributed by atoms with E-state index in [2.05, 4.69) is 30.0 Å². The standard InChI is InChI=1S/C14H24N4/c1-10(2)18-9-11(7-16-18)8-17-13-3-4-14(17)6-12(15)5-13/h7,9-10,12-14H,3-6,8,15H2,1-2H3. The van der Waals surface area contributed by atoms with E-state index < -0.39 is 0 Å². The van der Waals surface area contributed by atoms with Crippen molar-refractivity contribution in [2.75, 3.05) is 0 Å². The summed E-state index contributed by atoms with van der Waals surface area (Å²) in [6, 6.07) is 2.30. The maximum absolute atomic E-state index is 6.11. The maximum atomic E-state index is 6.11. The van der Waals surface area contributed by atoms with Gasteiger partial charge in [-0.05, 0) is 39.5 Å². The number of fused-ring (bicyclic) bond motifs is 2. The van der Waals surface area contributed by atoms with Crippen molar-refractivity contribution in [3.8, 4) is 0 Å². The molecule has 2 aliphatic rings. The molecule has 18 heavy (non-hydrogen) atoms. The predicted octanol–water partition coefficient (Wildman–Crippen LogP) is 1.92. The van der Waals surface area contributed by atoms with E-state index in [0.29, 0.717) is 24.2 Å². The number of nitrogens with zero attached hydrogens (tertiary/aromatic N) is 3. The summed E-state index contributed by atoms with van der Waals surface area (Å²) in [5, 5.41) is 4.43. The van der Waals surface area contributed by atoms with Crippen LogP contribution in [0.5, 0.6) is 0 Å². The van der Waals surface area contributed by atoms with Crippen LogP contribution in [-0.4, -0.2) is 32.8 Å². The fourth-order valence-corrected chi connectivity index (χ4v) is 3.53. The van der Waals surface area contributed by atoms with Gasteiger partial charge in [-0.3, -0.25) is 9.58 Å². The minimum Gasteiger partial charge on any atom is -0.328 e. The third-order valence-corrected chi connectivity index (χ3v) is 4.47. The van der Waals surface area contributed by atoms with E-state index in [4.69, 9.17) is 5.73 Å². The zero-order valence-electron chi connectivity index (χ0n) is 11.4. The monoisotopic (exact) mass is 248 g/mol. The molecule has 0 aromatic carbocycles. The Labute approximate surface area is 109 Å². The summed E-state index contributed by atoms with van der Waals surface area (Å²) in [4.78, 5) is 2.66. The summed E-state index contributed by atoms with van der Waals surface area (Å²) in [6.07, 6.45) is 9.23. The number of hydrogen-bond donors (Lipinski definition) is 1. The van der Waals surface area contributed by atoms with E-state index in [-0.39, 0.29) is 0 Å². The van der Waals surface area contributed by atoms with Crippen LogP contribution in [0, 0.1) is 0 Å². The number of nitrogens with two attached hydrogens (primary N) is 1. The minimum absolute atomic E-state index is 0.428. The van der Waals surface area contributed by atoms with Crippen LogP contribution in [0.25, 0.3) is 0 Å². The van der Waals surface area contributed by atoms with E-state index in [1.165, 1.54) is 31.2 Å². The molecular formula is C14H24N4. The Kier molecular flexibility index (Phi) is 3.16. The van der Waals surface area contributed by atoms with Crippen molar-refractivity contribution < 1.29 is 0 Å². The van der Waals surface area contributed by atoms with Gasteiger partial charge in [-0.25, -0.2) is 0 Å². The van der Waals surface area contributed by atoms with Crippen molar-refractivity contribution in [2.24, 2.45) is 5.73 Å². The zero-order chi connectivity index (χ0) is 12.7. The lowest BCUT2D eigenvalue weighted by atomic mass is 9.98. The van der Waals surface area contributed by atoms with Gasteiger partial charge in [-0.2, -0.15) is 5.10 Å². The molecule has 2 unspecified atom stereocenters. The van der Waals surface area contributed by atoms with Gasteiger partial charge in [0.25, 0.3) is 0 Å². The van der Waals surface area contributed by atoms with Crippen molar-refractivity contribution in [3.63, 3.8) is 0 Å². The molecule has 2 atom stereocenters. The highest BCUT2D eigenvalue weighted by atomic mass is 15.3. The molecule has 3 heterocycles. The third kappa shape index (κ3) is 2.19. The second-order valence-corrected chi connectivity index (χ2v) is 6.21. The molecule has 2 N–H and O–H groups in total. The van der Waals surface area contributed by atoms with Crippen molar-refractivity contribution in [3.05, 3.63) is 18.0 Å². The molecule has 2 bridgehead atoms. The van der Waals surface area contributed by atoms with Gasteiger partial charge in [0.05, 0.1) is 6.20 Å². The summed E-state index contributed by atoms with van der Waals surface area (Å²) < 4.78 is 2.05. The lowest BCUT2D eigenvalue weighted by Gasteiger charge is -2.37. The Bertz CT molecular complexity index is 398. The Hall–Kier alpha value is -0.870. The van der Waals surface area contributed by atoms with Crippen LogP contribution in [-0.2, 0) is 6.54 Å². The van der Waals surface area contributed by atoms with Gasteiger partial charge < -0.3 is 5.73 Å². The molecule has 100 valence electrons. The topological polar surface area (TPSA) is 47.1 Å². The molecule has 1 aromatic heterocycles. The number of rotatable bonds is 3. The molecule has 0 radical (unpaired) electrons. The highest BCUT2D eigenvalue weighted by Crippen LogP contribution is 2.36. The largest absolute Gasteiger partial charge is 0.328 e. The van der Waals surface area contributed by atoms with Crippen LogP contribution in [0.15, 0.2) is 12.4 Å². The van der Waals surface area contributed by atoms with Crippen LogP contribution >= 0.6 is 0 Å². The summed E-state index contributed by atoms with van der Waals surface area (Å²) in [5.41, 5.74) is 7.46. The van der Waals surface area contributed by atoms with Gasteiger partial charge in [0.15, 0.2) is 0 Å². The Morgan fingerprint density at radius 2 is 2.00 bits per heavy atom. The summed E-state index contributed by atoms with van der Waals surface area (Å²) in [6.45, 7) is 5.38. The first-order valence-corrected chi connectivity index (χ1v) is 7.18. The van der Waals surface area contributed by atoms with E-state index >= 15 is 0 Å². The molecule has 1 aromatic rings. The third-order valence-electron chi connectivity index (χ3n) is 4.47. The first-order valence-electron chi connectivity index (χ1n) is 7.18. The van der Waals surface area contributed by atoms with Crippen LogP contribution in [0.2, 0.25) is 0 Å². The van der Waals surface area contributed by atoms with Crippen molar-refractivity contribution in [1.29, 1.82) is 0 Å². The van der Waals surface area contributed by atoms with Crippen LogP contribution in [0.3, 0.4) is 0 Å². The number of piperidine rings is 1. The van der Waals surface area contributed by atoms with Crippen LogP contribution in [0.1, 0.15) is 51.1 Å². The quantitative estimate of drug-likeness (QED) is 0.889. The van der Waals surface area contributed by atoms with E-state index in [1.54, 1.807) is 0 Å². The predicted molar refractivity (Wildman–Crippen MR) is 72.2 cm³/mol. The van der Waals surface area contributed by atoms with Crippen LogP contribution in [0.4, 0.5) is 0 Å². The Morgan fingerprint density at radius 3 is 2.56 bits per heavy atom. The van der Waals surface area contributed by atoms with Crippen LogP contribution < -0.4 is 5.73 Å². The van der Waals surface area contributed by atoms with E-state index in [9.17, 15) is 0 Å². The minimum atomic E-state index is 0.428. The second-order valence-electron chi connectivity index (χ2n) is 6.21. The van der Waals surface area contributed by atoms with Crippen molar-refractivity contribution in [1.82, 2.24) is 14.7 Å². The van der Waals surface area contributed by atoms with Gasteiger partial charge in [-0.1, -0.05) is 0 Å². The molecule has 2 saturated heterocycles. The average molecular weight is 248 g/mol. The molecular weight excluding hydrogens is 224 g/mol. The Balaban J connectivity index is 1.69. The van der Waals surface area contributed by atoms with Gasteiger partial charge in [-0.15, -0.1) is 0 Å². The van der Waals surface area contributed by atoms with Gasteiger partial charge in [0.1, 0.15) is 0 Å². The number of hydrogen-bond acceptors (Lipinski definition) is 3. The molecule has 0 aliphatic carbocycles. The molecule has 0 amide bonds. The highest BCUT2D eigenvalue weighted by molar-refractivity contribution is 5.07. The molecule has 4 nitrogen and oxygen atoms in total. The molecule has 4 heteroatoms. The van der Waals surface area contributed by atoms with E-state index in [1.807, 2.05) is 10.9 Å². The lowest BCUT2D eigenvalue weighted by Crippen LogP contribution is -2.46. The zero-order valence-corrected chi connectivity index (χ0v) is 11.4. The SMILES string of the molecule is CC(C)n1cc(CN2C3CCC2CC(N)C3)cn1. The highest BCUT2D eigenvalue weighted by Gasteiger charge is 2.39. The van der Waals surface area contributed by atoms with Gasteiger partial charge in [0.2, 0.25) is 0 Å². The molecule has 2 fully saturated rings. The molecule has 2 aliphatic heterocycles. The fourth-order valence-electron chi connectivity index (χ4n) is 3.53. The normalized spacial score (nSPS) is 32.3. The first-order chi connectivity index (χ1) is 8.63. The van der Waals surface area contributed by atoms with E-state index in [0.717, 1.165) is 6.54 Å². The Morgan fingerprint density at radius 1 is 1.33 bits per heavy atom. The summed E-state index contributed by atoms with van der Waals surface area (Å²) in [5.74, 6) is 0.